The Morgan fingerprint density at radius 3 is 2.92 bits per heavy atom. The number of hydrogen-bond acceptors (Lipinski definition) is 3. The molecule has 0 saturated carbocycles. The lowest BCUT2D eigenvalue weighted by Crippen LogP contribution is -2.54. The van der Waals surface area contributed by atoms with Crippen LogP contribution >= 0.6 is 0 Å². The zero-order valence-electron chi connectivity index (χ0n) is 8.34. The van der Waals surface area contributed by atoms with E-state index in [0.29, 0.717) is 6.04 Å². The van der Waals surface area contributed by atoms with Crippen molar-refractivity contribution in [3.8, 4) is 0 Å². The molecule has 4 heteroatoms. The van der Waals surface area contributed by atoms with Gasteiger partial charge in [0.05, 0.1) is 6.04 Å². The van der Waals surface area contributed by atoms with Gasteiger partial charge in [0.1, 0.15) is 0 Å². The molecule has 1 amide bonds. The molecule has 1 aliphatic rings. The van der Waals surface area contributed by atoms with Gasteiger partial charge in [-0.15, -0.1) is 0 Å². The highest BCUT2D eigenvalue weighted by Gasteiger charge is 2.22. The maximum atomic E-state index is 11.3. The summed E-state index contributed by atoms with van der Waals surface area (Å²) in [5.74, 6) is -0.0550. The molecular weight excluding hydrogens is 166 g/mol. The number of amides is 1. The van der Waals surface area contributed by atoms with Crippen molar-refractivity contribution in [1.29, 1.82) is 0 Å². The van der Waals surface area contributed by atoms with E-state index in [0.717, 1.165) is 19.4 Å². The first-order chi connectivity index (χ1) is 6.11. The Labute approximate surface area is 79.3 Å². The van der Waals surface area contributed by atoms with Crippen molar-refractivity contribution in [2.45, 2.75) is 44.8 Å². The maximum Gasteiger partial charge on any atom is 0.236 e. The Kier molecular flexibility index (Phi) is 3.69. The Hall–Kier alpha value is -0.610. The monoisotopic (exact) mass is 185 g/mol. The van der Waals surface area contributed by atoms with Gasteiger partial charge >= 0.3 is 0 Å². The summed E-state index contributed by atoms with van der Waals surface area (Å²) in [7, 11) is 0. The van der Waals surface area contributed by atoms with Crippen molar-refractivity contribution in [3.63, 3.8) is 0 Å². The molecule has 4 nitrogen and oxygen atoms in total. The number of rotatable bonds is 2. The molecule has 0 aromatic carbocycles. The first kappa shape index (κ1) is 10.5. The van der Waals surface area contributed by atoms with Crippen molar-refractivity contribution in [3.05, 3.63) is 0 Å². The zero-order valence-corrected chi connectivity index (χ0v) is 8.34. The molecule has 1 saturated heterocycles. The second-order valence-corrected chi connectivity index (χ2v) is 3.79. The third kappa shape index (κ3) is 2.97. The SMILES string of the molecule is CC(N)C(=O)NC1CCCNC1C. The van der Waals surface area contributed by atoms with E-state index in [-0.39, 0.29) is 11.9 Å². The molecule has 1 rings (SSSR count). The van der Waals surface area contributed by atoms with Gasteiger partial charge in [0, 0.05) is 12.1 Å². The number of nitrogens with one attached hydrogen (secondary N) is 2. The summed E-state index contributed by atoms with van der Waals surface area (Å²) >= 11 is 0. The number of hydrogen-bond donors (Lipinski definition) is 3. The third-order valence-corrected chi connectivity index (χ3v) is 2.50. The van der Waals surface area contributed by atoms with Gasteiger partial charge in [-0.3, -0.25) is 4.79 Å². The smallest absolute Gasteiger partial charge is 0.236 e. The number of nitrogens with two attached hydrogens (primary N) is 1. The first-order valence-corrected chi connectivity index (χ1v) is 4.90. The predicted octanol–water partition coefficient (Wildman–Crippen LogP) is -0.410. The number of piperidine rings is 1. The highest BCUT2D eigenvalue weighted by Crippen LogP contribution is 2.07. The Balaban J connectivity index is 2.38. The average molecular weight is 185 g/mol. The molecule has 0 aromatic heterocycles. The quantitative estimate of drug-likeness (QED) is 0.548. The summed E-state index contributed by atoms with van der Waals surface area (Å²) in [5.41, 5.74) is 5.47. The van der Waals surface area contributed by atoms with E-state index in [1.807, 2.05) is 0 Å². The Morgan fingerprint density at radius 1 is 1.69 bits per heavy atom. The third-order valence-electron chi connectivity index (χ3n) is 2.50. The summed E-state index contributed by atoms with van der Waals surface area (Å²) in [6, 6.07) is 0.192. The molecule has 1 aliphatic heterocycles. The minimum absolute atomic E-state index is 0.0550. The van der Waals surface area contributed by atoms with Gasteiger partial charge in [-0.1, -0.05) is 0 Å². The highest BCUT2D eigenvalue weighted by molar-refractivity contribution is 5.81. The lowest BCUT2D eigenvalue weighted by Gasteiger charge is -2.31. The van der Waals surface area contributed by atoms with Gasteiger partial charge < -0.3 is 16.4 Å². The van der Waals surface area contributed by atoms with Crippen molar-refractivity contribution in [2.24, 2.45) is 5.73 Å². The van der Waals surface area contributed by atoms with Crippen LogP contribution in [-0.2, 0) is 4.79 Å². The van der Waals surface area contributed by atoms with Crippen LogP contribution in [0.25, 0.3) is 0 Å². The van der Waals surface area contributed by atoms with Gasteiger partial charge in [-0.05, 0) is 33.2 Å². The lowest BCUT2D eigenvalue weighted by atomic mass is 9.99. The van der Waals surface area contributed by atoms with E-state index < -0.39 is 6.04 Å². The lowest BCUT2D eigenvalue weighted by molar-refractivity contribution is -0.123. The molecule has 4 N–H and O–H groups in total. The fourth-order valence-corrected chi connectivity index (χ4v) is 1.56. The average Bonchev–Trinajstić information content (AvgIpc) is 2.08. The molecule has 13 heavy (non-hydrogen) atoms. The Bertz CT molecular complexity index is 182. The summed E-state index contributed by atoms with van der Waals surface area (Å²) < 4.78 is 0. The van der Waals surface area contributed by atoms with Crippen molar-refractivity contribution < 1.29 is 4.79 Å². The minimum Gasteiger partial charge on any atom is -0.350 e. The first-order valence-electron chi connectivity index (χ1n) is 4.90. The maximum absolute atomic E-state index is 11.3. The van der Waals surface area contributed by atoms with Crippen LogP contribution in [0.2, 0.25) is 0 Å². The van der Waals surface area contributed by atoms with E-state index in [9.17, 15) is 4.79 Å². The van der Waals surface area contributed by atoms with Crippen LogP contribution in [0.15, 0.2) is 0 Å². The molecule has 3 atom stereocenters. The number of carbonyl (C=O) groups excluding carboxylic acids is 1. The molecule has 0 radical (unpaired) electrons. The van der Waals surface area contributed by atoms with Crippen molar-refractivity contribution >= 4 is 5.91 Å². The van der Waals surface area contributed by atoms with Gasteiger partial charge in [-0.25, -0.2) is 0 Å². The molecule has 0 aromatic rings. The zero-order chi connectivity index (χ0) is 9.84. The van der Waals surface area contributed by atoms with Crippen LogP contribution in [0, 0.1) is 0 Å². The van der Waals surface area contributed by atoms with Crippen LogP contribution in [0.4, 0.5) is 0 Å². The number of carbonyl (C=O) groups is 1. The van der Waals surface area contributed by atoms with Gasteiger partial charge in [-0.2, -0.15) is 0 Å². The van der Waals surface area contributed by atoms with E-state index in [1.165, 1.54) is 0 Å². The largest absolute Gasteiger partial charge is 0.350 e. The van der Waals surface area contributed by atoms with Gasteiger partial charge in [0.15, 0.2) is 0 Å². The Morgan fingerprint density at radius 2 is 2.38 bits per heavy atom. The highest BCUT2D eigenvalue weighted by atomic mass is 16.2. The van der Waals surface area contributed by atoms with E-state index in [1.54, 1.807) is 6.92 Å². The summed E-state index contributed by atoms with van der Waals surface area (Å²) in [4.78, 5) is 11.3. The topological polar surface area (TPSA) is 67.2 Å². The summed E-state index contributed by atoms with van der Waals surface area (Å²) in [6.07, 6.45) is 2.17. The van der Waals surface area contributed by atoms with Gasteiger partial charge in [0.25, 0.3) is 0 Å². The van der Waals surface area contributed by atoms with Crippen LogP contribution in [0.1, 0.15) is 26.7 Å². The molecule has 76 valence electrons. The molecule has 3 unspecified atom stereocenters. The van der Waals surface area contributed by atoms with Crippen LogP contribution < -0.4 is 16.4 Å². The second kappa shape index (κ2) is 4.58. The molecule has 0 aliphatic carbocycles. The summed E-state index contributed by atoms with van der Waals surface area (Å²) in [5, 5.41) is 6.26. The standard InChI is InChI=1S/C9H19N3O/c1-6(10)9(13)12-8-4-3-5-11-7(8)2/h6-8,11H,3-5,10H2,1-2H3,(H,12,13). The molecule has 0 bridgehead atoms. The van der Waals surface area contributed by atoms with Crippen LogP contribution in [0.5, 0.6) is 0 Å². The van der Waals surface area contributed by atoms with Gasteiger partial charge in [0.2, 0.25) is 5.91 Å². The van der Waals surface area contributed by atoms with E-state index in [2.05, 4.69) is 17.6 Å². The van der Waals surface area contributed by atoms with Crippen LogP contribution in [-0.4, -0.2) is 30.6 Å². The second-order valence-electron chi connectivity index (χ2n) is 3.79. The van der Waals surface area contributed by atoms with E-state index >= 15 is 0 Å². The normalized spacial score (nSPS) is 31.0. The van der Waals surface area contributed by atoms with Crippen molar-refractivity contribution in [1.82, 2.24) is 10.6 Å². The fourth-order valence-electron chi connectivity index (χ4n) is 1.56. The van der Waals surface area contributed by atoms with Crippen molar-refractivity contribution in [2.75, 3.05) is 6.54 Å². The molecular formula is C9H19N3O. The predicted molar refractivity (Wildman–Crippen MR) is 52.3 cm³/mol. The minimum atomic E-state index is -0.408. The molecule has 1 heterocycles. The fraction of sp³-hybridized carbons (Fsp3) is 0.889. The molecule has 1 fully saturated rings. The van der Waals surface area contributed by atoms with Crippen LogP contribution in [0.3, 0.4) is 0 Å². The van der Waals surface area contributed by atoms with E-state index in [4.69, 9.17) is 5.73 Å². The molecule has 0 spiro atoms. The summed E-state index contributed by atoms with van der Waals surface area (Å²) in [6.45, 7) is 4.84.